The molecule has 0 aromatic rings. The Hall–Kier alpha value is 0.0169. The Balaban J connectivity index is 4.14. The average Bonchev–Trinajstić information content (AvgIpc) is 2.37. The number of nitrogens with one attached hydrogen (secondary N) is 1. The summed E-state index contributed by atoms with van der Waals surface area (Å²) in [6, 6.07) is 0.867. The van der Waals surface area contributed by atoms with Crippen LogP contribution in [-0.2, 0) is 13.3 Å². The largest absolute Gasteiger partial charge is 0.500 e. The van der Waals surface area contributed by atoms with Crippen molar-refractivity contribution in [2.45, 2.75) is 39.7 Å². The van der Waals surface area contributed by atoms with Crippen LogP contribution >= 0.6 is 0 Å². The summed E-state index contributed by atoms with van der Waals surface area (Å²) in [5.41, 5.74) is 5.43. The Bertz CT molecular complexity index is 179. The molecule has 0 saturated carbocycles. The predicted molar refractivity (Wildman–Crippen MR) is 76.6 cm³/mol. The quantitative estimate of drug-likeness (QED) is 0.393. The molecule has 0 fully saturated rings. The zero-order valence-corrected chi connectivity index (χ0v) is 13.2. The van der Waals surface area contributed by atoms with Crippen molar-refractivity contribution < 1.29 is 13.3 Å². The van der Waals surface area contributed by atoms with Crippen molar-refractivity contribution in [3.8, 4) is 0 Å². The Kier molecular flexibility index (Phi) is 12.1. The number of hydrogen-bond acceptors (Lipinski definition) is 5. The first-order valence-electron chi connectivity index (χ1n) is 7.07. The Morgan fingerprint density at radius 2 is 1.67 bits per heavy atom. The maximum atomic E-state index is 5.91. The normalized spacial score (nSPS) is 12.0. The van der Waals surface area contributed by atoms with Gasteiger partial charge in [0.2, 0.25) is 0 Å². The second kappa shape index (κ2) is 12.1. The topological polar surface area (TPSA) is 65.7 Å². The summed E-state index contributed by atoms with van der Waals surface area (Å²) in [5, 5.41) is 3.28. The van der Waals surface area contributed by atoms with Gasteiger partial charge >= 0.3 is 8.80 Å². The van der Waals surface area contributed by atoms with E-state index in [0.717, 1.165) is 32.0 Å². The molecule has 0 radical (unpaired) electrons. The van der Waals surface area contributed by atoms with Crippen LogP contribution in [0.4, 0.5) is 0 Å². The highest BCUT2D eigenvalue weighted by Gasteiger charge is 2.39. The van der Waals surface area contributed by atoms with E-state index in [4.69, 9.17) is 19.0 Å². The predicted octanol–water partition coefficient (Wildman–Crippen LogP) is 1.36. The molecule has 0 aliphatic heterocycles. The molecule has 0 amide bonds. The highest BCUT2D eigenvalue weighted by molar-refractivity contribution is 6.60. The van der Waals surface area contributed by atoms with E-state index >= 15 is 0 Å². The van der Waals surface area contributed by atoms with Crippen molar-refractivity contribution in [3.63, 3.8) is 0 Å². The zero-order chi connectivity index (χ0) is 13.7. The molecule has 0 aromatic carbocycles. The first kappa shape index (κ1) is 18.0. The highest BCUT2D eigenvalue weighted by atomic mass is 28.4. The summed E-state index contributed by atoms with van der Waals surface area (Å²) in [4.78, 5) is 0. The van der Waals surface area contributed by atoms with Crippen molar-refractivity contribution in [2.24, 2.45) is 5.73 Å². The van der Waals surface area contributed by atoms with Crippen LogP contribution in [0.2, 0.25) is 6.04 Å². The molecule has 0 atom stereocenters. The maximum absolute atomic E-state index is 5.91. The van der Waals surface area contributed by atoms with Crippen molar-refractivity contribution in [1.82, 2.24) is 5.32 Å². The molecule has 0 bridgehead atoms. The zero-order valence-electron chi connectivity index (χ0n) is 12.2. The summed E-state index contributed by atoms with van der Waals surface area (Å²) >= 11 is 0. The van der Waals surface area contributed by atoms with Gasteiger partial charge in [0, 0.05) is 39.0 Å². The lowest BCUT2D eigenvalue weighted by Crippen LogP contribution is -2.46. The van der Waals surface area contributed by atoms with Gasteiger partial charge in [0.25, 0.3) is 0 Å². The van der Waals surface area contributed by atoms with Crippen LogP contribution in [0.3, 0.4) is 0 Å². The van der Waals surface area contributed by atoms with Crippen LogP contribution < -0.4 is 11.1 Å². The van der Waals surface area contributed by atoms with Gasteiger partial charge in [-0.3, -0.25) is 0 Å². The van der Waals surface area contributed by atoms with Gasteiger partial charge in [-0.15, -0.1) is 0 Å². The van der Waals surface area contributed by atoms with Crippen molar-refractivity contribution in [2.75, 3.05) is 39.5 Å². The smallest absolute Gasteiger partial charge is 0.374 e. The number of hydrogen-bond donors (Lipinski definition) is 2. The van der Waals surface area contributed by atoms with Crippen molar-refractivity contribution in [3.05, 3.63) is 0 Å². The highest BCUT2D eigenvalue weighted by Crippen LogP contribution is 2.18. The van der Waals surface area contributed by atoms with E-state index in [0.29, 0.717) is 26.4 Å². The molecule has 0 aliphatic rings. The third kappa shape index (κ3) is 8.18. The average molecular weight is 278 g/mol. The molecule has 18 heavy (non-hydrogen) atoms. The lowest BCUT2D eigenvalue weighted by molar-refractivity contribution is 0.0666. The van der Waals surface area contributed by atoms with Crippen LogP contribution in [0.1, 0.15) is 33.6 Å². The number of rotatable bonds is 13. The minimum absolute atomic E-state index is 0.645. The molecule has 0 saturated heterocycles. The molecule has 0 heterocycles. The molecule has 6 heteroatoms. The van der Waals surface area contributed by atoms with E-state index in [-0.39, 0.29) is 0 Å². The molecule has 0 spiro atoms. The maximum Gasteiger partial charge on any atom is 0.500 e. The van der Waals surface area contributed by atoms with E-state index in [1.54, 1.807) is 0 Å². The molecule has 0 aromatic heterocycles. The summed E-state index contributed by atoms with van der Waals surface area (Å²) in [6.45, 7) is 10.5. The first-order valence-corrected chi connectivity index (χ1v) is 9.00. The Morgan fingerprint density at radius 3 is 2.17 bits per heavy atom. The standard InChI is InChI=1S/C12H30N2O3Si/c1-4-11-17-18(15-5-2,16-6-3)12-7-9-14-10-8-13/h14H,4-13H2,1-3H3. The van der Waals surface area contributed by atoms with Gasteiger partial charge in [0.1, 0.15) is 0 Å². The summed E-state index contributed by atoms with van der Waals surface area (Å²) < 4.78 is 17.5. The van der Waals surface area contributed by atoms with Gasteiger partial charge < -0.3 is 24.3 Å². The van der Waals surface area contributed by atoms with Crippen molar-refractivity contribution >= 4 is 8.80 Å². The van der Waals surface area contributed by atoms with Crippen LogP contribution in [0.25, 0.3) is 0 Å². The molecular formula is C12H30N2O3Si. The SMILES string of the molecule is CCCO[Si](CCCNCCN)(OCC)OCC. The Labute approximate surface area is 113 Å². The van der Waals surface area contributed by atoms with Gasteiger partial charge in [-0.1, -0.05) is 6.92 Å². The van der Waals surface area contributed by atoms with E-state index in [1.165, 1.54) is 0 Å². The summed E-state index contributed by atoms with van der Waals surface area (Å²) in [5.74, 6) is 0. The molecule has 5 nitrogen and oxygen atoms in total. The minimum atomic E-state index is -2.45. The monoisotopic (exact) mass is 278 g/mol. The summed E-state index contributed by atoms with van der Waals surface area (Å²) in [6.07, 6.45) is 1.98. The van der Waals surface area contributed by atoms with Gasteiger partial charge in [-0.2, -0.15) is 0 Å². The lowest BCUT2D eigenvalue weighted by atomic mass is 10.5. The van der Waals surface area contributed by atoms with Crippen LogP contribution in [-0.4, -0.2) is 48.3 Å². The fraction of sp³-hybridized carbons (Fsp3) is 1.00. The van der Waals surface area contributed by atoms with Gasteiger partial charge in [0.15, 0.2) is 0 Å². The van der Waals surface area contributed by atoms with E-state index in [2.05, 4.69) is 12.2 Å². The van der Waals surface area contributed by atoms with Gasteiger partial charge in [-0.05, 0) is 33.2 Å². The third-order valence-corrected chi connectivity index (χ3v) is 5.48. The summed E-state index contributed by atoms with van der Waals surface area (Å²) in [7, 11) is -2.45. The Morgan fingerprint density at radius 1 is 1.00 bits per heavy atom. The van der Waals surface area contributed by atoms with Crippen LogP contribution in [0.15, 0.2) is 0 Å². The van der Waals surface area contributed by atoms with E-state index < -0.39 is 8.80 Å². The second-order valence-corrected chi connectivity index (χ2v) is 6.77. The van der Waals surface area contributed by atoms with E-state index in [1.807, 2.05) is 13.8 Å². The van der Waals surface area contributed by atoms with Crippen molar-refractivity contribution in [1.29, 1.82) is 0 Å². The number of nitrogens with two attached hydrogens (primary N) is 1. The molecular weight excluding hydrogens is 248 g/mol. The third-order valence-electron chi connectivity index (χ3n) is 2.41. The molecule has 110 valence electrons. The van der Waals surface area contributed by atoms with E-state index in [9.17, 15) is 0 Å². The molecule has 0 rings (SSSR count). The molecule has 0 unspecified atom stereocenters. The lowest BCUT2D eigenvalue weighted by Gasteiger charge is -2.28. The fourth-order valence-corrected chi connectivity index (χ4v) is 4.38. The van der Waals surface area contributed by atoms with Crippen LogP contribution in [0.5, 0.6) is 0 Å². The second-order valence-electron chi connectivity index (χ2n) is 4.04. The minimum Gasteiger partial charge on any atom is -0.374 e. The van der Waals surface area contributed by atoms with Gasteiger partial charge in [0.05, 0.1) is 0 Å². The molecule has 0 aliphatic carbocycles. The fourth-order valence-electron chi connectivity index (χ4n) is 1.70. The first-order chi connectivity index (χ1) is 8.74. The van der Waals surface area contributed by atoms with Crippen LogP contribution in [0, 0.1) is 0 Å². The van der Waals surface area contributed by atoms with Gasteiger partial charge in [-0.25, -0.2) is 0 Å². The molecule has 3 N–H and O–H groups in total.